The lowest BCUT2D eigenvalue weighted by atomic mass is 9.99. The predicted octanol–water partition coefficient (Wildman–Crippen LogP) is 7.43. The van der Waals surface area contributed by atoms with E-state index < -0.39 is 28.3 Å². The summed E-state index contributed by atoms with van der Waals surface area (Å²) < 4.78 is 44.4. The highest BCUT2D eigenvalue weighted by molar-refractivity contribution is 7.99. The van der Waals surface area contributed by atoms with Crippen molar-refractivity contribution in [3.05, 3.63) is 173 Å². The Morgan fingerprint density at radius 2 is 1.58 bits per heavy atom. The number of amides is 1. The van der Waals surface area contributed by atoms with Crippen molar-refractivity contribution in [2.75, 3.05) is 5.75 Å². The van der Waals surface area contributed by atoms with Gasteiger partial charge in [0.15, 0.2) is 11.4 Å². The summed E-state index contributed by atoms with van der Waals surface area (Å²) in [4.78, 5) is 18.2. The fraction of sp³-hybridized carbons (Fsp3) is 0.244. The number of imidazole rings is 1. The molecule has 6 aromatic rings. The highest BCUT2D eigenvalue weighted by Crippen LogP contribution is 2.40. The van der Waals surface area contributed by atoms with Crippen LogP contribution in [0.5, 0.6) is 0 Å². The molecular weight excluding hydrogens is 757 g/mol. The van der Waals surface area contributed by atoms with E-state index in [2.05, 4.69) is 15.0 Å². The molecule has 12 heteroatoms. The first-order valence-electron chi connectivity index (χ1n) is 18.8. The lowest BCUT2D eigenvalue weighted by Gasteiger charge is -2.36. The summed E-state index contributed by atoms with van der Waals surface area (Å²) in [5.74, 6) is 0.291. The van der Waals surface area contributed by atoms with Gasteiger partial charge in [-0.2, -0.15) is 4.72 Å². The molecule has 5 aromatic carbocycles. The molecule has 1 aliphatic heterocycles. The standard InChI is InChI=1S/C45H46N4O6S2/c1-31-11-21-40(22-12-31)57(52,53)48-41(26-32-7-4-3-5-8-32)43(51)47-28-34-9-6-10-38(25-34)35-17-19-37(20-18-35)44-54-39(30-56-45-46-23-24-49(45)2)27-42(55-44)36-15-13-33(29-50)14-16-36/h3-25,39,41-42,44,48,50H,26-30H2,1-2H3,(H,47,51)/t39-,41+,42+,44+/m0/s1. The second-order valence-corrected chi connectivity index (χ2v) is 16.9. The van der Waals surface area contributed by atoms with E-state index in [0.29, 0.717) is 12.2 Å². The Bertz CT molecular complexity index is 2350. The molecular formula is C45H46N4O6S2. The van der Waals surface area contributed by atoms with E-state index in [1.54, 1.807) is 42.2 Å². The highest BCUT2D eigenvalue weighted by atomic mass is 32.2. The summed E-state index contributed by atoms with van der Waals surface area (Å²) in [5.41, 5.74) is 7.36. The van der Waals surface area contributed by atoms with Crippen molar-refractivity contribution in [2.24, 2.45) is 7.05 Å². The Morgan fingerprint density at radius 3 is 2.28 bits per heavy atom. The maximum atomic E-state index is 13.6. The zero-order valence-corrected chi connectivity index (χ0v) is 33.5. The van der Waals surface area contributed by atoms with Crippen LogP contribution in [0.3, 0.4) is 0 Å². The van der Waals surface area contributed by atoms with Gasteiger partial charge in [-0.1, -0.05) is 127 Å². The monoisotopic (exact) mass is 802 g/mol. The first-order chi connectivity index (χ1) is 27.6. The number of nitrogens with zero attached hydrogens (tertiary/aromatic N) is 2. The van der Waals surface area contributed by atoms with Crippen LogP contribution in [0.25, 0.3) is 11.1 Å². The van der Waals surface area contributed by atoms with Gasteiger partial charge in [0, 0.05) is 43.7 Å². The summed E-state index contributed by atoms with van der Waals surface area (Å²) in [7, 11) is -1.98. The van der Waals surface area contributed by atoms with Gasteiger partial charge in [-0.05, 0) is 64.9 Å². The predicted molar refractivity (Wildman–Crippen MR) is 222 cm³/mol. The van der Waals surface area contributed by atoms with Gasteiger partial charge in [0.1, 0.15) is 6.04 Å². The van der Waals surface area contributed by atoms with Crippen molar-refractivity contribution >= 4 is 27.7 Å². The van der Waals surface area contributed by atoms with Crippen LogP contribution in [0, 0.1) is 6.92 Å². The van der Waals surface area contributed by atoms with Crippen molar-refractivity contribution in [2.45, 2.75) is 67.5 Å². The minimum atomic E-state index is -3.96. The first-order valence-corrected chi connectivity index (χ1v) is 21.3. The van der Waals surface area contributed by atoms with Crippen LogP contribution in [0.2, 0.25) is 0 Å². The van der Waals surface area contributed by atoms with Crippen LogP contribution in [0.1, 0.15) is 52.2 Å². The van der Waals surface area contributed by atoms with Gasteiger partial charge >= 0.3 is 0 Å². The molecule has 1 saturated heterocycles. The fourth-order valence-electron chi connectivity index (χ4n) is 6.70. The minimum Gasteiger partial charge on any atom is -0.392 e. The van der Waals surface area contributed by atoms with E-state index in [4.69, 9.17) is 9.47 Å². The van der Waals surface area contributed by atoms with Crippen LogP contribution in [-0.4, -0.2) is 46.9 Å². The highest BCUT2D eigenvalue weighted by Gasteiger charge is 2.33. The van der Waals surface area contributed by atoms with Crippen molar-refractivity contribution in [3.8, 4) is 11.1 Å². The third kappa shape index (κ3) is 10.5. The number of carbonyl (C=O) groups is 1. The van der Waals surface area contributed by atoms with E-state index in [1.807, 2.05) is 128 Å². The summed E-state index contributed by atoms with van der Waals surface area (Å²) in [5, 5.41) is 13.4. The number of ether oxygens (including phenoxy) is 2. The molecule has 294 valence electrons. The molecule has 3 N–H and O–H groups in total. The fourth-order valence-corrected chi connectivity index (χ4v) is 8.84. The van der Waals surface area contributed by atoms with Crippen LogP contribution < -0.4 is 10.0 Å². The largest absolute Gasteiger partial charge is 0.392 e. The summed E-state index contributed by atoms with van der Waals surface area (Å²) in [6.45, 7) is 2.08. The summed E-state index contributed by atoms with van der Waals surface area (Å²) >= 11 is 1.65. The molecule has 57 heavy (non-hydrogen) atoms. The average Bonchev–Trinajstić information content (AvgIpc) is 3.66. The molecule has 4 atom stereocenters. The molecule has 0 aliphatic carbocycles. The molecule has 0 saturated carbocycles. The number of aliphatic hydroxyl groups is 1. The smallest absolute Gasteiger partial charge is 0.241 e. The second-order valence-electron chi connectivity index (χ2n) is 14.2. The Morgan fingerprint density at radius 1 is 0.860 bits per heavy atom. The van der Waals surface area contributed by atoms with Gasteiger partial charge in [-0.25, -0.2) is 13.4 Å². The normalized spacial score (nSPS) is 17.6. The number of thioether (sulfide) groups is 1. The van der Waals surface area contributed by atoms with E-state index in [-0.39, 0.29) is 36.7 Å². The Balaban J connectivity index is 1.03. The van der Waals surface area contributed by atoms with E-state index >= 15 is 0 Å². The third-order valence-electron chi connectivity index (χ3n) is 9.93. The van der Waals surface area contributed by atoms with Gasteiger partial charge in [0.25, 0.3) is 0 Å². The molecule has 1 aliphatic rings. The lowest BCUT2D eigenvalue weighted by molar-refractivity contribution is -0.245. The summed E-state index contributed by atoms with van der Waals surface area (Å²) in [6, 6.07) is 38.7. The van der Waals surface area contributed by atoms with Crippen molar-refractivity contribution in [1.82, 2.24) is 19.6 Å². The molecule has 2 heterocycles. The molecule has 10 nitrogen and oxygen atoms in total. The van der Waals surface area contributed by atoms with Gasteiger partial charge in [0.2, 0.25) is 15.9 Å². The molecule has 1 amide bonds. The van der Waals surface area contributed by atoms with E-state index in [9.17, 15) is 18.3 Å². The molecule has 7 rings (SSSR count). The minimum absolute atomic E-state index is 0.0154. The maximum Gasteiger partial charge on any atom is 0.241 e. The van der Waals surface area contributed by atoms with E-state index in [0.717, 1.165) is 49.7 Å². The average molecular weight is 803 g/mol. The molecule has 0 radical (unpaired) electrons. The summed E-state index contributed by atoms with van der Waals surface area (Å²) in [6.07, 6.45) is 3.72. The van der Waals surface area contributed by atoms with E-state index in [1.165, 1.54) is 0 Å². The molecule has 0 unspecified atom stereocenters. The van der Waals surface area contributed by atoms with Crippen LogP contribution in [-0.2, 0) is 50.9 Å². The molecule has 0 spiro atoms. The second kappa shape index (κ2) is 18.5. The van der Waals surface area contributed by atoms with Gasteiger partial charge in [-0.3, -0.25) is 4.79 Å². The number of carbonyl (C=O) groups excluding carboxylic acids is 1. The quantitative estimate of drug-likeness (QED) is 0.0915. The Hall–Kier alpha value is -5.08. The Labute approximate surface area is 338 Å². The van der Waals surface area contributed by atoms with Crippen LogP contribution in [0.4, 0.5) is 0 Å². The number of aryl methyl sites for hydroxylation is 2. The number of nitrogens with one attached hydrogen (secondary N) is 2. The van der Waals surface area contributed by atoms with Gasteiger partial charge in [-0.15, -0.1) is 0 Å². The van der Waals surface area contributed by atoms with Crippen LogP contribution >= 0.6 is 11.8 Å². The topological polar surface area (TPSA) is 132 Å². The SMILES string of the molecule is Cc1ccc(S(=O)(=O)N[C@H](Cc2ccccc2)C(=O)NCc2cccc(-c3ccc([C@@H]4O[C@H](CSc5nccn5C)C[C@H](c5ccc(CO)cc5)O4)cc3)c2)cc1. The van der Waals surface area contributed by atoms with Crippen LogP contribution in [0.15, 0.2) is 150 Å². The van der Waals surface area contributed by atoms with Gasteiger partial charge < -0.3 is 24.5 Å². The maximum absolute atomic E-state index is 13.6. The third-order valence-corrected chi connectivity index (χ3v) is 12.6. The molecule has 0 bridgehead atoms. The number of aliphatic hydroxyl groups excluding tert-OH is 1. The number of hydrogen-bond acceptors (Lipinski definition) is 8. The number of hydrogen-bond donors (Lipinski definition) is 3. The zero-order valence-electron chi connectivity index (χ0n) is 31.8. The molecule has 1 aromatic heterocycles. The molecule has 1 fully saturated rings. The Kier molecular flexibility index (Phi) is 13.0. The van der Waals surface area contributed by atoms with Crippen molar-refractivity contribution in [1.29, 1.82) is 0 Å². The number of aromatic nitrogens is 2. The van der Waals surface area contributed by atoms with Gasteiger partial charge in [0.05, 0.1) is 23.7 Å². The zero-order chi connectivity index (χ0) is 39.8. The first kappa shape index (κ1) is 40.1. The number of rotatable bonds is 15. The number of sulfonamides is 1. The number of benzene rings is 5. The lowest BCUT2D eigenvalue weighted by Crippen LogP contribution is -2.47. The van der Waals surface area contributed by atoms with Crippen molar-refractivity contribution < 1.29 is 27.8 Å². The van der Waals surface area contributed by atoms with Crippen molar-refractivity contribution in [3.63, 3.8) is 0 Å².